The van der Waals surface area contributed by atoms with Crippen LogP contribution in [0, 0.1) is 13.8 Å². The van der Waals surface area contributed by atoms with Crippen LogP contribution in [0.1, 0.15) is 30.0 Å². The molecule has 2 amide bonds. The number of hydrogen-bond acceptors (Lipinski definition) is 2. The first-order chi connectivity index (χ1) is 11.5. The molecule has 2 aromatic carbocycles. The Morgan fingerprint density at radius 2 is 1.71 bits per heavy atom. The molecule has 24 heavy (non-hydrogen) atoms. The molecule has 0 bridgehead atoms. The van der Waals surface area contributed by atoms with Crippen molar-refractivity contribution >= 4 is 17.5 Å². The molecule has 0 atom stereocenters. The second-order valence-electron chi connectivity index (χ2n) is 5.92. The van der Waals surface area contributed by atoms with Gasteiger partial charge >= 0.3 is 0 Å². The van der Waals surface area contributed by atoms with E-state index in [1.165, 1.54) is 5.56 Å². The van der Waals surface area contributed by atoms with Crippen molar-refractivity contribution in [3.8, 4) is 0 Å². The number of hydrogen-bond donors (Lipinski definition) is 1. The zero-order valence-electron chi connectivity index (χ0n) is 14.5. The van der Waals surface area contributed by atoms with Gasteiger partial charge in [0.05, 0.1) is 0 Å². The third-order valence-electron chi connectivity index (χ3n) is 3.85. The highest BCUT2D eigenvalue weighted by Gasteiger charge is 2.17. The Morgan fingerprint density at radius 3 is 2.33 bits per heavy atom. The number of rotatable bonds is 6. The molecule has 0 heterocycles. The molecule has 0 fully saturated rings. The number of benzene rings is 2. The molecule has 0 saturated carbocycles. The van der Waals surface area contributed by atoms with Crippen LogP contribution in [0.2, 0.25) is 0 Å². The SMILES string of the molecule is CCN(C(=O)CC(=O)NCc1ccc(C)cc1)c1cccc(C)c1. The van der Waals surface area contributed by atoms with Crippen molar-refractivity contribution in [3.63, 3.8) is 0 Å². The lowest BCUT2D eigenvalue weighted by atomic mass is 10.1. The summed E-state index contributed by atoms with van der Waals surface area (Å²) in [6.45, 7) is 6.88. The maximum atomic E-state index is 12.4. The lowest BCUT2D eigenvalue weighted by Crippen LogP contribution is -2.35. The zero-order valence-corrected chi connectivity index (χ0v) is 14.5. The second-order valence-corrected chi connectivity index (χ2v) is 5.92. The summed E-state index contributed by atoms with van der Waals surface area (Å²) in [5.74, 6) is -0.448. The lowest BCUT2D eigenvalue weighted by Gasteiger charge is -2.21. The van der Waals surface area contributed by atoms with E-state index >= 15 is 0 Å². The molecular formula is C20H24N2O2. The van der Waals surface area contributed by atoms with Gasteiger partial charge in [0, 0.05) is 18.8 Å². The molecule has 2 aromatic rings. The van der Waals surface area contributed by atoms with E-state index in [1.807, 2.05) is 69.3 Å². The molecule has 4 heteroatoms. The minimum Gasteiger partial charge on any atom is -0.352 e. The average Bonchev–Trinajstić information content (AvgIpc) is 2.55. The Bertz CT molecular complexity index is 708. The third-order valence-corrected chi connectivity index (χ3v) is 3.85. The van der Waals surface area contributed by atoms with Crippen molar-refractivity contribution in [2.45, 2.75) is 33.7 Å². The topological polar surface area (TPSA) is 49.4 Å². The Labute approximate surface area is 143 Å². The highest BCUT2D eigenvalue weighted by Crippen LogP contribution is 2.16. The molecule has 0 spiro atoms. The predicted octanol–water partition coefficient (Wildman–Crippen LogP) is 3.36. The summed E-state index contributed by atoms with van der Waals surface area (Å²) in [6, 6.07) is 15.7. The summed E-state index contributed by atoms with van der Waals surface area (Å²) < 4.78 is 0. The molecule has 0 saturated heterocycles. The standard InChI is InChI=1S/C20H24N2O2/c1-4-22(18-7-5-6-16(3)12-18)20(24)13-19(23)21-14-17-10-8-15(2)9-11-17/h5-12H,4,13-14H2,1-3H3,(H,21,23). The molecule has 1 N–H and O–H groups in total. The number of aryl methyl sites for hydroxylation is 2. The maximum absolute atomic E-state index is 12.4. The third kappa shape index (κ3) is 4.95. The van der Waals surface area contributed by atoms with Gasteiger partial charge in [0.2, 0.25) is 11.8 Å². The minimum atomic E-state index is -0.258. The van der Waals surface area contributed by atoms with E-state index in [2.05, 4.69) is 5.32 Å². The summed E-state index contributed by atoms with van der Waals surface area (Å²) in [7, 11) is 0. The highest BCUT2D eigenvalue weighted by atomic mass is 16.2. The first-order valence-corrected chi connectivity index (χ1v) is 8.19. The second kappa shape index (κ2) is 8.29. The molecule has 0 aromatic heterocycles. The van der Waals surface area contributed by atoms with Crippen LogP contribution in [-0.4, -0.2) is 18.4 Å². The quantitative estimate of drug-likeness (QED) is 0.828. The number of carbonyl (C=O) groups is 2. The van der Waals surface area contributed by atoms with Gasteiger partial charge in [0.15, 0.2) is 0 Å². The van der Waals surface area contributed by atoms with Gasteiger partial charge in [0.1, 0.15) is 6.42 Å². The summed E-state index contributed by atoms with van der Waals surface area (Å²) >= 11 is 0. The van der Waals surface area contributed by atoms with Crippen molar-refractivity contribution in [3.05, 3.63) is 65.2 Å². The van der Waals surface area contributed by atoms with Crippen LogP contribution < -0.4 is 10.2 Å². The van der Waals surface area contributed by atoms with Crippen LogP contribution in [0.15, 0.2) is 48.5 Å². The van der Waals surface area contributed by atoms with E-state index in [4.69, 9.17) is 0 Å². The van der Waals surface area contributed by atoms with E-state index < -0.39 is 0 Å². The minimum absolute atomic E-state index is 0.145. The number of nitrogens with one attached hydrogen (secondary N) is 1. The Balaban J connectivity index is 1.92. The number of amides is 2. The highest BCUT2D eigenvalue weighted by molar-refractivity contribution is 6.04. The Kier molecular flexibility index (Phi) is 6.13. The van der Waals surface area contributed by atoms with Crippen molar-refractivity contribution in [1.82, 2.24) is 5.32 Å². The first kappa shape index (κ1) is 17.7. The first-order valence-electron chi connectivity index (χ1n) is 8.19. The normalized spacial score (nSPS) is 10.3. The molecule has 4 nitrogen and oxygen atoms in total. The van der Waals surface area contributed by atoms with Crippen molar-refractivity contribution in [2.24, 2.45) is 0 Å². The summed E-state index contributed by atoms with van der Waals surface area (Å²) in [5.41, 5.74) is 4.11. The van der Waals surface area contributed by atoms with E-state index in [0.717, 1.165) is 16.8 Å². The molecule has 126 valence electrons. The summed E-state index contributed by atoms with van der Waals surface area (Å²) in [4.78, 5) is 26.1. The Morgan fingerprint density at radius 1 is 1.00 bits per heavy atom. The van der Waals surface area contributed by atoms with E-state index in [1.54, 1.807) is 4.90 Å². The van der Waals surface area contributed by atoms with Gasteiger partial charge < -0.3 is 10.2 Å². The van der Waals surface area contributed by atoms with Gasteiger partial charge in [-0.05, 0) is 44.0 Å². The summed E-state index contributed by atoms with van der Waals surface area (Å²) in [6.07, 6.45) is -0.145. The smallest absolute Gasteiger partial charge is 0.236 e. The van der Waals surface area contributed by atoms with Gasteiger partial charge in [-0.2, -0.15) is 0 Å². The lowest BCUT2D eigenvalue weighted by molar-refractivity contribution is -0.128. The molecular weight excluding hydrogens is 300 g/mol. The van der Waals surface area contributed by atoms with Crippen LogP contribution in [0.4, 0.5) is 5.69 Å². The van der Waals surface area contributed by atoms with Crippen molar-refractivity contribution in [1.29, 1.82) is 0 Å². The molecule has 0 aliphatic rings. The van der Waals surface area contributed by atoms with Gasteiger partial charge in [-0.15, -0.1) is 0 Å². The number of carbonyl (C=O) groups excluding carboxylic acids is 2. The van der Waals surface area contributed by atoms with E-state index in [-0.39, 0.29) is 18.2 Å². The van der Waals surface area contributed by atoms with Crippen LogP contribution in [0.5, 0.6) is 0 Å². The van der Waals surface area contributed by atoms with E-state index in [0.29, 0.717) is 13.1 Å². The van der Waals surface area contributed by atoms with E-state index in [9.17, 15) is 9.59 Å². The summed E-state index contributed by atoms with van der Waals surface area (Å²) in [5, 5.41) is 2.80. The fraction of sp³-hybridized carbons (Fsp3) is 0.300. The largest absolute Gasteiger partial charge is 0.352 e. The van der Waals surface area contributed by atoms with Crippen LogP contribution in [0.25, 0.3) is 0 Å². The molecule has 2 rings (SSSR count). The molecule has 0 radical (unpaired) electrons. The predicted molar refractivity (Wildman–Crippen MR) is 96.8 cm³/mol. The average molecular weight is 324 g/mol. The molecule has 0 aliphatic carbocycles. The zero-order chi connectivity index (χ0) is 17.5. The van der Waals surface area contributed by atoms with Crippen molar-refractivity contribution < 1.29 is 9.59 Å². The van der Waals surface area contributed by atoms with Gasteiger partial charge in [0.25, 0.3) is 0 Å². The molecule has 0 unspecified atom stereocenters. The molecule has 0 aliphatic heterocycles. The van der Waals surface area contributed by atoms with Gasteiger partial charge in [-0.1, -0.05) is 42.0 Å². The van der Waals surface area contributed by atoms with Gasteiger partial charge in [-0.25, -0.2) is 0 Å². The van der Waals surface area contributed by atoms with Crippen LogP contribution >= 0.6 is 0 Å². The monoisotopic (exact) mass is 324 g/mol. The Hall–Kier alpha value is -2.62. The van der Waals surface area contributed by atoms with Gasteiger partial charge in [-0.3, -0.25) is 9.59 Å². The van der Waals surface area contributed by atoms with Crippen LogP contribution in [-0.2, 0) is 16.1 Å². The fourth-order valence-electron chi connectivity index (χ4n) is 2.50. The number of anilines is 1. The van der Waals surface area contributed by atoms with Crippen molar-refractivity contribution in [2.75, 3.05) is 11.4 Å². The number of nitrogens with zero attached hydrogens (tertiary/aromatic N) is 1. The maximum Gasteiger partial charge on any atom is 0.236 e. The van der Waals surface area contributed by atoms with Crippen LogP contribution in [0.3, 0.4) is 0 Å². The fourth-order valence-corrected chi connectivity index (χ4v) is 2.50.